The molecule has 1 rings (SSSR count). The SMILES string of the molecule is CCSc1cc(C(C)NC)ccn1. The van der Waals surface area contributed by atoms with Gasteiger partial charge in [0, 0.05) is 12.2 Å². The lowest BCUT2D eigenvalue weighted by Gasteiger charge is -2.10. The van der Waals surface area contributed by atoms with Gasteiger partial charge in [0.05, 0.1) is 5.03 Å². The van der Waals surface area contributed by atoms with Crippen molar-refractivity contribution in [3.63, 3.8) is 0 Å². The van der Waals surface area contributed by atoms with Crippen LogP contribution in [0.5, 0.6) is 0 Å². The van der Waals surface area contributed by atoms with Crippen molar-refractivity contribution in [3.05, 3.63) is 23.9 Å². The predicted octanol–water partition coefficient (Wildman–Crippen LogP) is 2.47. The van der Waals surface area contributed by atoms with Crippen LogP contribution < -0.4 is 5.32 Å². The van der Waals surface area contributed by atoms with Gasteiger partial charge in [-0.25, -0.2) is 4.98 Å². The van der Waals surface area contributed by atoms with E-state index < -0.39 is 0 Å². The summed E-state index contributed by atoms with van der Waals surface area (Å²) in [6.45, 7) is 4.29. The molecule has 0 spiro atoms. The minimum atomic E-state index is 0.402. The third-order valence-electron chi connectivity index (χ3n) is 1.98. The number of hydrogen-bond donors (Lipinski definition) is 1. The highest BCUT2D eigenvalue weighted by molar-refractivity contribution is 7.99. The molecule has 0 amide bonds. The van der Waals surface area contributed by atoms with E-state index >= 15 is 0 Å². The van der Waals surface area contributed by atoms with E-state index in [4.69, 9.17) is 0 Å². The van der Waals surface area contributed by atoms with Gasteiger partial charge in [0.1, 0.15) is 0 Å². The first-order valence-corrected chi connectivity index (χ1v) is 5.52. The molecule has 0 aliphatic carbocycles. The number of thioether (sulfide) groups is 1. The molecule has 72 valence electrons. The molecule has 0 aromatic carbocycles. The summed E-state index contributed by atoms with van der Waals surface area (Å²) in [6.07, 6.45) is 1.88. The Morgan fingerprint density at radius 1 is 1.62 bits per heavy atom. The zero-order valence-electron chi connectivity index (χ0n) is 8.37. The lowest BCUT2D eigenvalue weighted by molar-refractivity contribution is 0.649. The first-order valence-electron chi connectivity index (χ1n) is 4.54. The Balaban J connectivity index is 2.78. The highest BCUT2D eigenvalue weighted by Crippen LogP contribution is 2.19. The van der Waals surface area contributed by atoms with Gasteiger partial charge >= 0.3 is 0 Å². The molecule has 1 heterocycles. The minimum absolute atomic E-state index is 0.402. The number of nitrogens with one attached hydrogen (secondary N) is 1. The zero-order valence-corrected chi connectivity index (χ0v) is 9.19. The highest BCUT2D eigenvalue weighted by Gasteiger charge is 2.03. The fourth-order valence-electron chi connectivity index (χ4n) is 1.09. The van der Waals surface area contributed by atoms with Gasteiger partial charge in [-0.2, -0.15) is 0 Å². The first kappa shape index (κ1) is 10.5. The van der Waals surface area contributed by atoms with Crippen LogP contribution in [-0.2, 0) is 0 Å². The van der Waals surface area contributed by atoms with Gasteiger partial charge in [-0.3, -0.25) is 0 Å². The Bertz CT molecular complexity index is 263. The molecule has 2 nitrogen and oxygen atoms in total. The number of nitrogens with zero attached hydrogens (tertiary/aromatic N) is 1. The molecule has 13 heavy (non-hydrogen) atoms. The first-order chi connectivity index (χ1) is 6.27. The lowest BCUT2D eigenvalue weighted by Crippen LogP contribution is -2.12. The molecule has 0 aliphatic heterocycles. The lowest BCUT2D eigenvalue weighted by atomic mass is 10.1. The number of aromatic nitrogens is 1. The summed E-state index contributed by atoms with van der Waals surface area (Å²) in [6, 6.07) is 4.61. The number of hydrogen-bond acceptors (Lipinski definition) is 3. The van der Waals surface area contributed by atoms with Crippen molar-refractivity contribution in [1.29, 1.82) is 0 Å². The standard InChI is InChI=1S/C10H16N2S/c1-4-13-10-7-9(5-6-12-10)8(2)11-3/h5-8,11H,4H2,1-3H3. The van der Waals surface area contributed by atoms with Gasteiger partial charge in [-0.15, -0.1) is 11.8 Å². The van der Waals surface area contributed by atoms with E-state index in [1.807, 2.05) is 13.2 Å². The van der Waals surface area contributed by atoms with Crippen molar-refractivity contribution in [2.24, 2.45) is 0 Å². The summed E-state index contributed by atoms with van der Waals surface area (Å²) >= 11 is 1.78. The summed E-state index contributed by atoms with van der Waals surface area (Å²) in [7, 11) is 1.97. The normalized spacial score (nSPS) is 12.8. The second-order valence-electron chi connectivity index (χ2n) is 2.87. The molecule has 1 aromatic heterocycles. The van der Waals surface area contributed by atoms with E-state index in [0.717, 1.165) is 10.8 Å². The minimum Gasteiger partial charge on any atom is -0.313 e. The van der Waals surface area contributed by atoms with E-state index in [-0.39, 0.29) is 0 Å². The van der Waals surface area contributed by atoms with Gasteiger partial charge in [0.2, 0.25) is 0 Å². The van der Waals surface area contributed by atoms with E-state index in [0.29, 0.717) is 6.04 Å². The quantitative estimate of drug-likeness (QED) is 0.749. The fourth-order valence-corrected chi connectivity index (χ4v) is 1.74. The fraction of sp³-hybridized carbons (Fsp3) is 0.500. The Morgan fingerprint density at radius 3 is 3.00 bits per heavy atom. The topological polar surface area (TPSA) is 24.9 Å². The molecule has 0 bridgehead atoms. The number of pyridine rings is 1. The molecule has 0 radical (unpaired) electrons. The molecular weight excluding hydrogens is 180 g/mol. The van der Waals surface area contributed by atoms with Crippen molar-refractivity contribution >= 4 is 11.8 Å². The molecular formula is C10H16N2S. The summed E-state index contributed by atoms with van der Waals surface area (Å²) in [5.74, 6) is 1.07. The van der Waals surface area contributed by atoms with Crippen LogP contribution in [0.4, 0.5) is 0 Å². The van der Waals surface area contributed by atoms with Gasteiger partial charge in [0.15, 0.2) is 0 Å². The predicted molar refractivity (Wildman–Crippen MR) is 58.1 cm³/mol. The molecule has 0 aliphatic rings. The van der Waals surface area contributed by atoms with E-state index in [1.165, 1.54) is 5.56 Å². The maximum Gasteiger partial charge on any atom is 0.0963 e. The highest BCUT2D eigenvalue weighted by atomic mass is 32.2. The van der Waals surface area contributed by atoms with E-state index in [9.17, 15) is 0 Å². The smallest absolute Gasteiger partial charge is 0.0963 e. The number of rotatable bonds is 4. The third kappa shape index (κ3) is 3.01. The average molecular weight is 196 g/mol. The van der Waals surface area contributed by atoms with Crippen molar-refractivity contribution in [3.8, 4) is 0 Å². The summed E-state index contributed by atoms with van der Waals surface area (Å²) in [5, 5.41) is 4.33. The Morgan fingerprint density at radius 2 is 2.38 bits per heavy atom. The monoisotopic (exact) mass is 196 g/mol. The Hall–Kier alpha value is -0.540. The third-order valence-corrected chi connectivity index (χ3v) is 2.79. The Kier molecular flexibility index (Phi) is 4.25. The average Bonchev–Trinajstić information content (AvgIpc) is 2.18. The molecule has 0 saturated heterocycles. The van der Waals surface area contributed by atoms with Gasteiger partial charge < -0.3 is 5.32 Å². The summed E-state index contributed by atoms with van der Waals surface area (Å²) in [5.41, 5.74) is 1.30. The summed E-state index contributed by atoms with van der Waals surface area (Å²) in [4.78, 5) is 4.28. The van der Waals surface area contributed by atoms with Crippen LogP contribution >= 0.6 is 11.8 Å². The largest absolute Gasteiger partial charge is 0.313 e. The van der Waals surface area contributed by atoms with Gasteiger partial charge in [-0.1, -0.05) is 6.92 Å². The molecule has 0 fully saturated rings. The van der Waals surface area contributed by atoms with E-state index in [1.54, 1.807) is 11.8 Å². The second-order valence-corrected chi connectivity index (χ2v) is 4.16. The van der Waals surface area contributed by atoms with Crippen LogP contribution in [-0.4, -0.2) is 17.8 Å². The van der Waals surface area contributed by atoms with Crippen molar-refractivity contribution < 1.29 is 0 Å². The summed E-state index contributed by atoms with van der Waals surface area (Å²) < 4.78 is 0. The van der Waals surface area contributed by atoms with Crippen LogP contribution in [0.25, 0.3) is 0 Å². The van der Waals surface area contributed by atoms with Crippen LogP contribution in [0.15, 0.2) is 23.4 Å². The molecule has 1 aromatic rings. The van der Waals surface area contributed by atoms with Crippen molar-refractivity contribution in [2.45, 2.75) is 24.9 Å². The van der Waals surface area contributed by atoms with Crippen molar-refractivity contribution in [2.75, 3.05) is 12.8 Å². The van der Waals surface area contributed by atoms with Crippen molar-refractivity contribution in [1.82, 2.24) is 10.3 Å². The van der Waals surface area contributed by atoms with Crippen LogP contribution in [0, 0.1) is 0 Å². The molecule has 0 saturated carbocycles. The Labute approximate surface area is 84.1 Å². The second kappa shape index (κ2) is 5.25. The van der Waals surface area contributed by atoms with Crippen LogP contribution in [0.1, 0.15) is 25.5 Å². The molecule has 1 unspecified atom stereocenters. The van der Waals surface area contributed by atoms with Crippen LogP contribution in [0.3, 0.4) is 0 Å². The molecule has 1 N–H and O–H groups in total. The van der Waals surface area contributed by atoms with Gasteiger partial charge in [-0.05, 0) is 37.4 Å². The maximum atomic E-state index is 4.28. The zero-order chi connectivity index (χ0) is 9.68. The molecule has 3 heteroatoms. The molecule has 1 atom stereocenters. The van der Waals surface area contributed by atoms with Crippen LogP contribution in [0.2, 0.25) is 0 Å². The van der Waals surface area contributed by atoms with E-state index in [2.05, 4.69) is 36.3 Å². The van der Waals surface area contributed by atoms with Gasteiger partial charge in [0.25, 0.3) is 0 Å². The maximum absolute atomic E-state index is 4.28.